The zero-order valence-electron chi connectivity index (χ0n) is 17.4. The largest absolute Gasteiger partial charge is 0.457 e. The SMILES string of the molecule is O=C(Cc1cccc(Oc2ccccc2)c1)c1ccc2nc(-c3c(Cl)cccc3Cl)[nH]c2c1. The Morgan fingerprint density at radius 1 is 0.818 bits per heavy atom. The second-order valence-electron chi connectivity index (χ2n) is 7.58. The highest BCUT2D eigenvalue weighted by Crippen LogP contribution is 2.34. The van der Waals surface area contributed by atoms with Crippen LogP contribution in [0.2, 0.25) is 10.0 Å². The van der Waals surface area contributed by atoms with Crippen LogP contribution in [0.25, 0.3) is 22.4 Å². The van der Waals surface area contributed by atoms with Crippen LogP contribution in [0.15, 0.2) is 91.0 Å². The van der Waals surface area contributed by atoms with Crippen molar-refractivity contribution in [1.29, 1.82) is 0 Å². The number of nitrogens with zero attached hydrogens (tertiary/aromatic N) is 1. The highest BCUT2D eigenvalue weighted by molar-refractivity contribution is 6.39. The molecule has 0 aliphatic rings. The average Bonchev–Trinajstić information content (AvgIpc) is 3.22. The van der Waals surface area contributed by atoms with Gasteiger partial charge in [-0.15, -0.1) is 0 Å². The molecule has 1 aromatic heterocycles. The molecule has 33 heavy (non-hydrogen) atoms. The normalized spacial score (nSPS) is 11.0. The maximum absolute atomic E-state index is 13.0. The summed E-state index contributed by atoms with van der Waals surface area (Å²) in [6.07, 6.45) is 0.259. The first-order valence-corrected chi connectivity index (χ1v) is 11.1. The molecule has 4 aromatic carbocycles. The van der Waals surface area contributed by atoms with E-state index in [-0.39, 0.29) is 12.2 Å². The van der Waals surface area contributed by atoms with Gasteiger partial charge in [-0.3, -0.25) is 4.79 Å². The second kappa shape index (κ2) is 9.10. The number of H-pyrrole nitrogens is 1. The van der Waals surface area contributed by atoms with Gasteiger partial charge in [0.1, 0.15) is 17.3 Å². The summed E-state index contributed by atoms with van der Waals surface area (Å²) in [7, 11) is 0. The Morgan fingerprint density at radius 2 is 1.55 bits per heavy atom. The van der Waals surface area contributed by atoms with Crippen molar-refractivity contribution in [2.45, 2.75) is 6.42 Å². The van der Waals surface area contributed by atoms with Gasteiger partial charge >= 0.3 is 0 Å². The van der Waals surface area contributed by atoms with E-state index in [1.165, 1.54) is 0 Å². The summed E-state index contributed by atoms with van der Waals surface area (Å²) in [6.45, 7) is 0. The van der Waals surface area contributed by atoms with E-state index < -0.39 is 0 Å². The smallest absolute Gasteiger partial charge is 0.167 e. The number of nitrogens with one attached hydrogen (secondary N) is 1. The number of fused-ring (bicyclic) bond motifs is 1. The monoisotopic (exact) mass is 472 g/mol. The van der Waals surface area contributed by atoms with E-state index in [1.54, 1.807) is 24.3 Å². The van der Waals surface area contributed by atoms with Crippen LogP contribution in [0.5, 0.6) is 11.5 Å². The number of aromatic nitrogens is 2. The first kappa shape index (κ1) is 21.3. The third-order valence-electron chi connectivity index (χ3n) is 5.25. The van der Waals surface area contributed by atoms with Gasteiger partial charge in [0, 0.05) is 12.0 Å². The molecule has 0 unspecified atom stereocenters. The van der Waals surface area contributed by atoms with Crippen LogP contribution in [-0.2, 0) is 6.42 Å². The number of ether oxygens (including phenoxy) is 1. The van der Waals surface area contributed by atoms with E-state index in [2.05, 4.69) is 9.97 Å². The molecule has 0 atom stereocenters. The van der Waals surface area contributed by atoms with Crippen molar-refractivity contribution < 1.29 is 9.53 Å². The predicted molar refractivity (Wildman–Crippen MR) is 133 cm³/mol. The molecule has 0 aliphatic carbocycles. The molecule has 0 spiro atoms. The number of benzene rings is 4. The second-order valence-corrected chi connectivity index (χ2v) is 8.39. The van der Waals surface area contributed by atoms with E-state index in [1.807, 2.05) is 66.7 Å². The third-order valence-corrected chi connectivity index (χ3v) is 5.88. The van der Waals surface area contributed by atoms with Crippen LogP contribution in [-0.4, -0.2) is 15.8 Å². The van der Waals surface area contributed by atoms with E-state index in [0.29, 0.717) is 32.7 Å². The first-order valence-electron chi connectivity index (χ1n) is 10.4. The molecule has 0 amide bonds. The highest BCUT2D eigenvalue weighted by atomic mass is 35.5. The van der Waals surface area contributed by atoms with Crippen molar-refractivity contribution in [3.05, 3.63) is 112 Å². The highest BCUT2D eigenvalue weighted by Gasteiger charge is 2.15. The number of aromatic amines is 1. The van der Waals surface area contributed by atoms with Crippen LogP contribution < -0.4 is 4.74 Å². The number of hydrogen-bond donors (Lipinski definition) is 1. The maximum Gasteiger partial charge on any atom is 0.167 e. The van der Waals surface area contributed by atoms with Crippen molar-refractivity contribution in [3.63, 3.8) is 0 Å². The molecule has 0 saturated carbocycles. The molecule has 1 heterocycles. The molecule has 0 fully saturated rings. The summed E-state index contributed by atoms with van der Waals surface area (Å²) in [6, 6.07) is 27.8. The Kier molecular flexibility index (Phi) is 5.86. The molecule has 4 nitrogen and oxygen atoms in total. The molecule has 5 aromatic rings. The molecular formula is C27H18Cl2N2O2. The van der Waals surface area contributed by atoms with Crippen molar-refractivity contribution in [3.8, 4) is 22.9 Å². The summed E-state index contributed by atoms with van der Waals surface area (Å²) in [5.41, 5.74) is 3.59. The Hall–Kier alpha value is -3.60. The summed E-state index contributed by atoms with van der Waals surface area (Å²) >= 11 is 12.6. The molecule has 0 aliphatic heterocycles. The van der Waals surface area contributed by atoms with Crippen molar-refractivity contribution >= 4 is 40.0 Å². The average molecular weight is 473 g/mol. The van der Waals surface area contributed by atoms with Crippen molar-refractivity contribution in [2.24, 2.45) is 0 Å². The number of hydrogen-bond acceptors (Lipinski definition) is 3. The molecule has 0 bridgehead atoms. The molecular weight excluding hydrogens is 455 g/mol. The Bertz CT molecular complexity index is 1440. The number of imidazole rings is 1. The topological polar surface area (TPSA) is 55.0 Å². The van der Waals surface area contributed by atoms with Gasteiger partial charge in [0.2, 0.25) is 0 Å². The fraction of sp³-hybridized carbons (Fsp3) is 0.0370. The Labute approximate surface area is 200 Å². The molecule has 162 valence electrons. The van der Waals surface area contributed by atoms with E-state index in [9.17, 15) is 4.79 Å². The standard InChI is InChI=1S/C27H18Cl2N2O2/c28-21-10-5-11-22(29)26(21)27-30-23-13-12-18(16-24(23)31-27)25(32)15-17-6-4-9-20(14-17)33-19-7-2-1-3-8-19/h1-14,16H,15H2,(H,30,31). The van der Waals surface area contributed by atoms with Crippen LogP contribution in [0, 0.1) is 0 Å². The summed E-state index contributed by atoms with van der Waals surface area (Å²) in [4.78, 5) is 20.8. The number of carbonyl (C=O) groups is 1. The molecule has 0 saturated heterocycles. The molecule has 6 heteroatoms. The van der Waals surface area contributed by atoms with Crippen LogP contribution in [0.4, 0.5) is 0 Å². The molecule has 5 rings (SSSR count). The lowest BCUT2D eigenvalue weighted by molar-refractivity contribution is 0.0993. The van der Waals surface area contributed by atoms with Crippen molar-refractivity contribution in [1.82, 2.24) is 9.97 Å². The summed E-state index contributed by atoms with van der Waals surface area (Å²) in [5.74, 6) is 2.01. The van der Waals surface area contributed by atoms with Gasteiger partial charge in [-0.1, -0.05) is 59.6 Å². The van der Waals surface area contributed by atoms with Crippen LogP contribution in [0.3, 0.4) is 0 Å². The van der Waals surface area contributed by atoms with E-state index in [0.717, 1.165) is 22.3 Å². The number of Topliss-reactive ketones (excluding diaryl/α,β-unsaturated/α-hetero) is 1. The zero-order chi connectivity index (χ0) is 22.8. The fourth-order valence-corrected chi connectivity index (χ4v) is 4.23. The lowest BCUT2D eigenvalue weighted by Gasteiger charge is -2.07. The number of halogens is 2. The minimum absolute atomic E-state index is 0.000636. The molecule has 1 N–H and O–H groups in total. The van der Waals surface area contributed by atoms with Crippen molar-refractivity contribution in [2.75, 3.05) is 0 Å². The van der Waals surface area contributed by atoms with Gasteiger partial charge in [-0.2, -0.15) is 0 Å². The third kappa shape index (κ3) is 4.63. The first-order chi connectivity index (χ1) is 16.1. The Balaban J connectivity index is 1.37. The van der Waals surface area contributed by atoms with Crippen LogP contribution in [0.1, 0.15) is 15.9 Å². The van der Waals surface area contributed by atoms with Gasteiger partial charge in [-0.05, 0) is 60.2 Å². The summed E-state index contributed by atoms with van der Waals surface area (Å²) in [5, 5.41) is 1.02. The lowest BCUT2D eigenvalue weighted by Crippen LogP contribution is -2.03. The number of para-hydroxylation sites is 1. The van der Waals surface area contributed by atoms with Gasteiger partial charge in [-0.25, -0.2) is 4.98 Å². The van der Waals surface area contributed by atoms with E-state index in [4.69, 9.17) is 27.9 Å². The lowest BCUT2D eigenvalue weighted by atomic mass is 10.0. The minimum atomic E-state index is 0.000636. The van der Waals surface area contributed by atoms with Gasteiger partial charge in [0.25, 0.3) is 0 Å². The maximum atomic E-state index is 13.0. The van der Waals surface area contributed by atoms with Crippen LogP contribution >= 0.6 is 23.2 Å². The number of carbonyl (C=O) groups excluding carboxylic acids is 1. The van der Waals surface area contributed by atoms with Gasteiger partial charge in [0.05, 0.1) is 26.6 Å². The van der Waals surface area contributed by atoms with E-state index >= 15 is 0 Å². The number of ketones is 1. The predicted octanol–water partition coefficient (Wildman–Crippen LogP) is 7.75. The van der Waals surface area contributed by atoms with Gasteiger partial charge in [0.15, 0.2) is 5.78 Å². The number of rotatable bonds is 6. The Morgan fingerprint density at radius 3 is 2.33 bits per heavy atom. The van der Waals surface area contributed by atoms with Gasteiger partial charge < -0.3 is 9.72 Å². The minimum Gasteiger partial charge on any atom is -0.457 e. The quantitative estimate of drug-likeness (QED) is 0.257. The fourth-order valence-electron chi connectivity index (χ4n) is 3.66. The zero-order valence-corrected chi connectivity index (χ0v) is 18.9. The molecule has 0 radical (unpaired) electrons. The summed E-state index contributed by atoms with van der Waals surface area (Å²) < 4.78 is 5.88.